The number of carboxylic acids is 1. The summed E-state index contributed by atoms with van der Waals surface area (Å²) in [5.74, 6) is -0.542. The fourth-order valence-corrected chi connectivity index (χ4v) is 3.16. The smallest absolute Gasteiger partial charge is 0.321 e. The number of benzene rings is 1. The summed E-state index contributed by atoms with van der Waals surface area (Å²) in [4.78, 5) is 10.7. The number of ether oxygens (including phenoxy) is 1. The van der Waals surface area contributed by atoms with Crippen LogP contribution in [-0.2, 0) is 21.2 Å². The maximum absolute atomic E-state index is 12.0. The van der Waals surface area contributed by atoms with Crippen LogP contribution in [0.1, 0.15) is 19.4 Å². The second kappa shape index (κ2) is 4.82. The Kier molecular flexibility index (Phi) is 3.51. The van der Waals surface area contributed by atoms with Gasteiger partial charge in [0.2, 0.25) is 10.0 Å². The van der Waals surface area contributed by atoms with Crippen LogP contribution in [0.4, 0.5) is 0 Å². The monoisotopic (exact) mass is 285 g/mol. The maximum atomic E-state index is 12.0. The molecule has 0 spiro atoms. The molecular formula is C12H15NO5S. The molecule has 0 fully saturated rings. The Morgan fingerprint density at radius 1 is 1.53 bits per heavy atom. The molecule has 0 aliphatic carbocycles. The zero-order valence-corrected chi connectivity index (χ0v) is 11.4. The molecule has 1 aliphatic rings. The molecule has 1 heterocycles. The lowest BCUT2D eigenvalue weighted by Gasteiger charge is -2.10. The molecule has 0 amide bonds. The number of carboxylic acid groups (broad SMARTS) is 1. The fourth-order valence-electron chi connectivity index (χ4n) is 1.92. The molecule has 0 aromatic heterocycles. The summed E-state index contributed by atoms with van der Waals surface area (Å²) < 4.78 is 31.6. The average Bonchev–Trinajstić information content (AvgIpc) is 2.67. The van der Waals surface area contributed by atoms with E-state index in [-0.39, 0.29) is 11.0 Å². The molecule has 104 valence electrons. The van der Waals surface area contributed by atoms with Gasteiger partial charge in [0.15, 0.2) is 0 Å². The molecule has 0 bridgehead atoms. The molecule has 0 saturated heterocycles. The molecule has 1 aliphatic heterocycles. The number of nitrogens with one attached hydrogen (secondary N) is 1. The molecule has 2 atom stereocenters. The molecule has 0 radical (unpaired) electrons. The first kappa shape index (κ1) is 13.8. The normalized spacial score (nSPS) is 19.6. The van der Waals surface area contributed by atoms with Gasteiger partial charge in [-0.05, 0) is 37.6 Å². The molecule has 6 nitrogen and oxygen atoms in total. The molecule has 2 N–H and O–H groups in total. The van der Waals surface area contributed by atoms with Crippen LogP contribution in [0, 0.1) is 0 Å². The average molecular weight is 285 g/mol. The summed E-state index contributed by atoms with van der Waals surface area (Å²) in [6, 6.07) is 3.36. The second-order valence-corrected chi connectivity index (χ2v) is 6.30. The van der Waals surface area contributed by atoms with Crippen LogP contribution in [0.3, 0.4) is 0 Å². The lowest BCUT2D eigenvalue weighted by atomic mass is 10.1. The zero-order valence-electron chi connectivity index (χ0n) is 10.6. The number of aliphatic carboxylic acids is 1. The zero-order chi connectivity index (χ0) is 14.2. The Hall–Kier alpha value is -1.60. The van der Waals surface area contributed by atoms with Gasteiger partial charge in [0.05, 0.1) is 4.90 Å². The SMILES string of the molecule is CC1Cc2cc(S(=O)(=O)N[C@@H](C)C(=O)O)ccc2O1. The van der Waals surface area contributed by atoms with E-state index in [0.29, 0.717) is 12.2 Å². The van der Waals surface area contributed by atoms with Crippen LogP contribution in [0.5, 0.6) is 5.75 Å². The van der Waals surface area contributed by atoms with Gasteiger partial charge in [-0.15, -0.1) is 0 Å². The highest BCUT2D eigenvalue weighted by atomic mass is 32.2. The van der Waals surface area contributed by atoms with Crippen LogP contribution >= 0.6 is 0 Å². The number of rotatable bonds is 4. The summed E-state index contributed by atoms with van der Waals surface area (Å²) >= 11 is 0. The lowest BCUT2D eigenvalue weighted by molar-refractivity contribution is -0.138. The highest BCUT2D eigenvalue weighted by molar-refractivity contribution is 7.89. The van der Waals surface area contributed by atoms with E-state index in [9.17, 15) is 13.2 Å². The molecular weight excluding hydrogens is 270 g/mol. The summed E-state index contributed by atoms with van der Waals surface area (Å²) in [5, 5.41) is 8.73. The Bertz CT molecular complexity index is 611. The minimum Gasteiger partial charge on any atom is -0.490 e. The van der Waals surface area contributed by atoms with Crippen molar-refractivity contribution < 1.29 is 23.1 Å². The maximum Gasteiger partial charge on any atom is 0.321 e. The van der Waals surface area contributed by atoms with Gasteiger partial charge in [0.25, 0.3) is 0 Å². The third-order valence-corrected chi connectivity index (χ3v) is 4.42. The first-order chi connectivity index (χ1) is 8.79. The molecule has 1 aromatic rings. The van der Waals surface area contributed by atoms with Crippen molar-refractivity contribution in [1.82, 2.24) is 4.72 Å². The van der Waals surface area contributed by atoms with E-state index in [0.717, 1.165) is 5.56 Å². The highest BCUT2D eigenvalue weighted by Crippen LogP contribution is 2.30. The van der Waals surface area contributed by atoms with Gasteiger partial charge in [-0.3, -0.25) is 4.79 Å². The van der Waals surface area contributed by atoms with Crippen molar-refractivity contribution in [2.45, 2.75) is 37.3 Å². The minimum atomic E-state index is -3.83. The largest absolute Gasteiger partial charge is 0.490 e. The summed E-state index contributed by atoms with van der Waals surface area (Å²) in [5.41, 5.74) is 0.818. The molecule has 7 heteroatoms. The predicted octanol–water partition coefficient (Wildman–Crippen LogP) is 0.761. The highest BCUT2D eigenvalue weighted by Gasteiger charge is 2.25. The molecule has 19 heavy (non-hydrogen) atoms. The molecule has 1 aromatic carbocycles. The van der Waals surface area contributed by atoms with Crippen LogP contribution in [-0.4, -0.2) is 31.6 Å². The third-order valence-electron chi connectivity index (χ3n) is 2.88. The van der Waals surface area contributed by atoms with E-state index >= 15 is 0 Å². The van der Waals surface area contributed by atoms with Crippen molar-refractivity contribution in [2.75, 3.05) is 0 Å². The fraction of sp³-hybridized carbons (Fsp3) is 0.417. The van der Waals surface area contributed by atoms with Crippen LogP contribution in [0.2, 0.25) is 0 Å². The standard InChI is InChI=1S/C12H15NO5S/c1-7-5-9-6-10(3-4-11(9)18-7)19(16,17)13-8(2)12(14)15/h3-4,6-8,13H,5H2,1-2H3,(H,14,15)/t7?,8-/m0/s1. The van der Waals surface area contributed by atoms with E-state index in [1.165, 1.54) is 19.1 Å². The van der Waals surface area contributed by atoms with E-state index in [2.05, 4.69) is 4.72 Å². The Morgan fingerprint density at radius 3 is 2.84 bits per heavy atom. The van der Waals surface area contributed by atoms with E-state index in [1.54, 1.807) is 6.07 Å². The van der Waals surface area contributed by atoms with Gasteiger partial charge >= 0.3 is 5.97 Å². The van der Waals surface area contributed by atoms with E-state index in [4.69, 9.17) is 9.84 Å². The molecule has 2 rings (SSSR count). The first-order valence-electron chi connectivity index (χ1n) is 5.84. The molecule has 0 saturated carbocycles. The summed E-state index contributed by atoms with van der Waals surface area (Å²) in [7, 11) is -3.83. The quantitative estimate of drug-likeness (QED) is 0.852. The number of fused-ring (bicyclic) bond motifs is 1. The van der Waals surface area contributed by atoms with Crippen molar-refractivity contribution in [1.29, 1.82) is 0 Å². The summed E-state index contributed by atoms with van der Waals surface area (Å²) in [6.07, 6.45) is 0.673. The van der Waals surface area contributed by atoms with Gasteiger partial charge in [0, 0.05) is 6.42 Å². The third kappa shape index (κ3) is 2.87. The van der Waals surface area contributed by atoms with Crippen LogP contribution in [0.15, 0.2) is 23.1 Å². The van der Waals surface area contributed by atoms with Crippen LogP contribution < -0.4 is 9.46 Å². The Labute approximate surface area is 111 Å². The van der Waals surface area contributed by atoms with Gasteiger partial charge in [-0.25, -0.2) is 8.42 Å². The van der Waals surface area contributed by atoms with E-state index in [1.807, 2.05) is 6.92 Å². The number of hydrogen-bond acceptors (Lipinski definition) is 4. The van der Waals surface area contributed by atoms with Crippen molar-refractivity contribution >= 4 is 16.0 Å². The summed E-state index contributed by atoms with van der Waals surface area (Å²) in [6.45, 7) is 3.18. The van der Waals surface area contributed by atoms with Crippen LogP contribution in [0.25, 0.3) is 0 Å². The Balaban J connectivity index is 2.27. The van der Waals surface area contributed by atoms with Crippen molar-refractivity contribution in [2.24, 2.45) is 0 Å². The minimum absolute atomic E-state index is 0.0267. The topological polar surface area (TPSA) is 92.7 Å². The van der Waals surface area contributed by atoms with Gasteiger partial charge in [0.1, 0.15) is 17.9 Å². The Morgan fingerprint density at radius 2 is 2.21 bits per heavy atom. The first-order valence-corrected chi connectivity index (χ1v) is 7.32. The second-order valence-electron chi connectivity index (χ2n) is 4.58. The number of sulfonamides is 1. The van der Waals surface area contributed by atoms with Crippen molar-refractivity contribution in [3.8, 4) is 5.75 Å². The van der Waals surface area contributed by atoms with Crippen molar-refractivity contribution in [3.63, 3.8) is 0 Å². The van der Waals surface area contributed by atoms with Crippen molar-refractivity contribution in [3.05, 3.63) is 23.8 Å². The number of hydrogen-bond donors (Lipinski definition) is 2. The van der Waals surface area contributed by atoms with Gasteiger partial charge in [-0.2, -0.15) is 4.72 Å². The number of carbonyl (C=O) groups is 1. The predicted molar refractivity (Wildman–Crippen MR) is 67.7 cm³/mol. The lowest BCUT2D eigenvalue weighted by Crippen LogP contribution is -2.38. The van der Waals surface area contributed by atoms with E-state index < -0.39 is 22.0 Å². The van der Waals surface area contributed by atoms with Gasteiger partial charge < -0.3 is 9.84 Å². The van der Waals surface area contributed by atoms with Gasteiger partial charge in [-0.1, -0.05) is 0 Å². The molecule has 1 unspecified atom stereocenters.